The summed E-state index contributed by atoms with van der Waals surface area (Å²) in [6.45, 7) is 0. The minimum absolute atomic E-state index is 0. The van der Waals surface area contributed by atoms with Crippen LogP contribution in [0.2, 0.25) is 0 Å². The van der Waals surface area contributed by atoms with Gasteiger partial charge in [-0.3, -0.25) is 0 Å². The fourth-order valence-electron chi connectivity index (χ4n) is 0.965. The van der Waals surface area contributed by atoms with Crippen LogP contribution in [0.25, 0.3) is 0 Å². The Morgan fingerprint density at radius 3 is 2.31 bits per heavy atom. The maximum atomic E-state index is 12.1. The predicted octanol–water partition coefficient (Wildman–Crippen LogP) is 2.01. The lowest BCUT2D eigenvalue weighted by atomic mass is 10.2. The Balaban J connectivity index is 0.00000144. The van der Waals surface area contributed by atoms with Gasteiger partial charge in [0.1, 0.15) is 6.04 Å². The topological polar surface area (TPSA) is 30.9 Å². The number of alkyl halides is 3. The molecule has 1 heterocycles. The quantitative estimate of drug-likeness (QED) is 0.762. The van der Waals surface area contributed by atoms with Crippen LogP contribution in [0.5, 0.6) is 0 Å². The highest BCUT2D eigenvalue weighted by atomic mass is 35.5. The summed E-state index contributed by atoms with van der Waals surface area (Å²) >= 11 is 0. The maximum Gasteiger partial charge on any atom is 0.409 e. The van der Waals surface area contributed by atoms with Crippen LogP contribution in [-0.4, -0.2) is 10.7 Å². The molecule has 2 nitrogen and oxygen atoms in total. The van der Waals surface area contributed by atoms with Crippen LogP contribution in [0, 0.1) is 0 Å². The van der Waals surface area contributed by atoms with E-state index in [1.165, 1.54) is 29.9 Å². The second-order valence-corrected chi connectivity index (χ2v) is 2.56. The third-order valence-electron chi connectivity index (χ3n) is 1.66. The van der Waals surface area contributed by atoms with Gasteiger partial charge in [-0.1, -0.05) is 0 Å². The van der Waals surface area contributed by atoms with E-state index in [9.17, 15) is 13.2 Å². The van der Waals surface area contributed by atoms with Crippen molar-refractivity contribution in [2.75, 3.05) is 0 Å². The van der Waals surface area contributed by atoms with Crippen LogP contribution < -0.4 is 5.73 Å². The average molecular weight is 215 g/mol. The molecule has 0 spiro atoms. The molecular formula is C7H10ClF3N2. The van der Waals surface area contributed by atoms with Crippen molar-refractivity contribution in [1.29, 1.82) is 0 Å². The molecule has 0 aromatic carbocycles. The SMILES string of the molecule is Cl.Cn1cccc1[C@@H](N)C(F)(F)F. The van der Waals surface area contributed by atoms with Gasteiger partial charge in [0, 0.05) is 18.9 Å². The first kappa shape index (κ1) is 12.3. The standard InChI is InChI=1S/C7H9F3N2.ClH/c1-12-4-2-3-5(12)6(11)7(8,9)10;/h2-4,6H,11H2,1H3;1H/t6-;/m1./s1. The van der Waals surface area contributed by atoms with Gasteiger partial charge in [0.05, 0.1) is 0 Å². The van der Waals surface area contributed by atoms with Gasteiger partial charge in [-0.25, -0.2) is 0 Å². The third kappa shape index (κ3) is 2.63. The lowest BCUT2D eigenvalue weighted by Crippen LogP contribution is -2.29. The van der Waals surface area contributed by atoms with Crippen LogP contribution >= 0.6 is 12.4 Å². The molecule has 0 fully saturated rings. The van der Waals surface area contributed by atoms with Gasteiger partial charge in [-0.2, -0.15) is 13.2 Å². The predicted molar refractivity (Wildman–Crippen MR) is 45.6 cm³/mol. The zero-order valence-corrected chi connectivity index (χ0v) is 7.69. The lowest BCUT2D eigenvalue weighted by molar-refractivity contribution is -0.150. The number of nitrogens with zero attached hydrogens (tertiary/aromatic N) is 1. The molecule has 0 radical (unpaired) electrons. The van der Waals surface area contributed by atoms with E-state index >= 15 is 0 Å². The van der Waals surface area contributed by atoms with Gasteiger partial charge in [0.2, 0.25) is 0 Å². The van der Waals surface area contributed by atoms with Crippen LogP contribution in [0.3, 0.4) is 0 Å². The van der Waals surface area contributed by atoms with Crippen molar-refractivity contribution >= 4 is 12.4 Å². The van der Waals surface area contributed by atoms with Crippen LogP contribution in [0.15, 0.2) is 18.3 Å². The summed E-state index contributed by atoms with van der Waals surface area (Å²) in [4.78, 5) is 0. The number of aryl methyl sites for hydroxylation is 1. The highest BCUT2D eigenvalue weighted by Crippen LogP contribution is 2.29. The Morgan fingerprint density at radius 1 is 1.46 bits per heavy atom. The second kappa shape index (κ2) is 4.02. The molecule has 0 bridgehead atoms. The number of hydrogen-bond donors (Lipinski definition) is 1. The van der Waals surface area contributed by atoms with E-state index < -0.39 is 12.2 Å². The number of nitrogens with two attached hydrogens (primary N) is 1. The van der Waals surface area contributed by atoms with Crippen molar-refractivity contribution in [3.8, 4) is 0 Å². The molecule has 0 unspecified atom stereocenters. The van der Waals surface area contributed by atoms with Crippen molar-refractivity contribution in [2.45, 2.75) is 12.2 Å². The number of aromatic nitrogens is 1. The smallest absolute Gasteiger partial charge is 0.353 e. The zero-order chi connectivity index (χ0) is 9.35. The van der Waals surface area contributed by atoms with E-state index in [0.29, 0.717) is 0 Å². The molecule has 6 heteroatoms. The van der Waals surface area contributed by atoms with E-state index in [1.54, 1.807) is 0 Å². The minimum Gasteiger partial charge on any atom is -0.353 e. The summed E-state index contributed by atoms with van der Waals surface area (Å²) in [5.41, 5.74) is 5.04. The Labute approximate surface area is 79.9 Å². The van der Waals surface area contributed by atoms with Crippen molar-refractivity contribution in [3.63, 3.8) is 0 Å². The first-order valence-electron chi connectivity index (χ1n) is 3.36. The summed E-state index contributed by atoms with van der Waals surface area (Å²) in [7, 11) is 1.53. The molecule has 76 valence electrons. The molecule has 0 amide bonds. The van der Waals surface area contributed by atoms with Gasteiger partial charge in [-0.05, 0) is 12.1 Å². The first-order valence-corrected chi connectivity index (χ1v) is 3.36. The molecular weight excluding hydrogens is 205 g/mol. The van der Waals surface area contributed by atoms with Crippen LogP contribution in [-0.2, 0) is 7.05 Å². The van der Waals surface area contributed by atoms with E-state index in [-0.39, 0.29) is 18.1 Å². The molecule has 0 saturated heterocycles. The van der Waals surface area contributed by atoms with Crippen molar-refractivity contribution < 1.29 is 13.2 Å². The van der Waals surface area contributed by atoms with Gasteiger partial charge in [-0.15, -0.1) is 12.4 Å². The zero-order valence-electron chi connectivity index (χ0n) is 6.88. The van der Waals surface area contributed by atoms with Gasteiger partial charge in [0.15, 0.2) is 0 Å². The molecule has 1 rings (SSSR count). The second-order valence-electron chi connectivity index (χ2n) is 2.56. The normalized spacial score (nSPS) is 13.6. The largest absolute Gasteiger partial charge is 0.409 e. The van der Waals surface area contributed by atoms with E-state index in [0.717, 1.165) is 0 Å². The monoisotopic (exact) mass is 214 g/mol. The lowest BCUT2D eigenvalue weighted by Gasteiger charge is -2.16. The summed E-state index contributed by atoms with van der Waals surface area (Å²) < 4.78 is 37.5. The molecule has 0 aliphatic heterocycles. The molecule has 1 aromatic heterocycles. The number of halogens is 4. The summed E-state index contributed by atoms with van der Waals surface area (Å²) in [6.07, 6.45) is -2.84. The van der Waals surface area contributed by atoms with E-state index in [4.69, 9.17) is 5.73 Å². The average Bonchev–Trinajstić information content (AvgIpc) is 2.31. The Hall–Kier alpha value is -0.680. The van der Waals surface area contributed by atoms with Crippen LogP contribution in [0.1, 0.15) is 11.7 Å². The molecule has 13 heavy (non-hydrogen) atoms. The van der Waals surface area contributed by atoms with Crippen molar-refractivity contribution in [3.05, 3.63) is 24.0 Å². The number of rotatable bonds is 1. The van der Waals surface area contributed by atoms with Crippen molar-refractivity contribution in [1.82, 2.24) is 4.57 Å². The molecule has 1 atom stereocenters. The first-order chi connectivity index (χ1) is 5.43. The fourth-order valence-corrected chi connectivity index (χ4v) is 0.965. The van der Waals surface area contributed by atoms with Crippen LogP contribution in [0.4, 0.5) is 13.2 Å². The Bertz CT molecular complexity index is 269. The van der Waals surface area contributed by atoms with E-state index in [1.807, 2.05) is 0 Å². The van der Waals surface area contributed by atoms with Gasteiger partial charge < -0.3 is 10.3 Å². The Kier molecular flexibility index (Phi) is 3.81. The Morgan fingerprint density at radius 2 is 2.00 bits per heavy atom. The molecule has 1 aromatic rings. The minimum atomic E-state index is -4.37. The molecule has 0 saturated carbocycles. The molecule has 2 N–H and O–H groups in total. The summed E-state index contributed by atoms with van der Waals surface area (Å²) in [6, 6.07) is 0.997. The molecule has 0 aliphatic rings. The summed E-state index contributed by atoms with van der Waals surface area (Å²) in [5.74, 6) is 0. The fraction of sp³-hybridized carbons (Fsp3) is 0.429. The van der Waals surface area contributed by atoms with E-state index in [2.05, 4.69) is 0 Å². The molecule has 0 aliphatic carbocycles. The number of hydrogen-bond acceptors (Lipinski definition) is 1. The third-order valence-corrected chi connectivity index (χ3v) is 1.66. The van der Waals surface area contributed by atoms with Gasteiger partial charge in [0.25, 0.3) is 0 Å². The maximum absolute atomic E-state index is 12.1. The summed E-state index contributed by atoms with van der Waals surface area (Å²) in [5, 5.41) is 0. The van der Waals surface area contributed by atoms with Gasteiger partial charge >= 0.3 is 6.18 Å². The highest BCUT2D eigenvalue weighted by Gasteiger charge is 2.38. The highest BCUT2D eigenvalue weighted by molar-refractivity contribution is 5.85. The van der Waals surface area contributed by atoms with Crippen molar-refractivity contribution in [2.24, 2.45) is 12.8 Å².